The van der Waals surface area contributed by atoms with Crippen LogP contribution in [-0.2, 0) is 9.59 Å². The summed E-state index contributed by atoms with van der Waals surface area (Å²) in [5.41, 5.74) is 1.19. The maximum Gasteiger partial charge on any atom is 0.339 e. The Bertz CT molecular complexity index is 728. The predicted molar refractivity (Wildman–Crippen MR) is 81.0 cm³/mol. The second kappa shape index (κ2) is 5.44. The zero-order valence-electron chi connectivity index (χ0n) is 12.0. The van der Waals surface area contributed by atoms with Gasteiger partial charge in [0.25, 0.3) is 0 Å². The minimum Gasteiger partial charge on any atom is -0.263 e. The Labute approximate surface area is 127 Å². The van der Waals surface area contributed by atoms with Gasteiger partial charge in [0.1, 0.15) is 0 Å². The molecule has 4 amide bonds. The van der Waals surface area contributed by atoms with Gasteiger partial charge in [-0.25, -0.2) is 14.6 Å². The number of para-hydroxylation sites is 1. The summed E-state index contributed by atoms with van der Waals surface area (Å²) in [7, 11) is 0. The molecule has 0 N–H and O–H groups in total. The third-order valence-corrected chi connectivity index (χ3v) is 3.69. The van der Waals surface area contributed by atoms with Gasteiger partial charge in [-0.1, -0.05) is 48.5 Å². The molecule has 0 spiro atoms. The topological polar surface area (TPSA) is 57.7 Å². The molecule has 3 rings (SSSR count). The maximum atomic E-state index is 12.6. The van der Waals surface area contributed by atoms with E-state index in [4.69, 9.17) is 0 Å². The molecule has 5 heteroatoms. The zero-order valence-corrected chi connectivity index (χ0v) is 12.0. The van der Waals surface area contributed by atoms with E-state index in [-0.39, 0.29) is 0 Å². The summed E-state index contributed by atoms with van der Waals surface area (Å²) >= 11 is 0. The van der Waals surface area contributed by atoms with Gasteiger partial charge in [0.05, 0.1) is 11.7 Å². The minimum atomic E-state index is -0.820. The highest BCUT2D eigenvalue weighted by Gasteiger charge is 2.47. The van der Waals surface area contributed by atoms with Crippen molar-refractivity contribution in [2.75, 3.05) is 4.90 Å². The molecule has 1 atom stereocenters. The lowest BCUT2D eigenvalue weighted by Crippen LogP contribution is -2.35. The Balaban J connectivity index is 1.96. The van der Waals surface area contributed by atoms with Crippen molar-refractivity contribution in [1.82, 2.24) is 4.90 Å². The summed E-state index contributed by atoms with van der Waals surface area (Å²) in [5, 5.41) is 0. The van der Waals surface area contributed by atoms with Crippen LogP contribution in [0.25, 0.3) is 0 Å². The number of carbonyl (C=O) groups excluding carboxylic acids is 3. The van der Waals surface area contributed by atoms with Gasteiger partial charge in [-0.3, -0.25) is 9.59 Å². The average Bonchev–Trinajstić information content (AvgIpc) is 2.78. The maximum absolute atomic E-state index is 12.6. The van der Waals surface area contributed by atoms with Crippen molar-refractivity contribution in [2.45, 2.75) is 13.0 Å². The largest absolute Gasteiger partial charge is 0.339 e. The highest BCUT2D eigenvalue weighted by atomic mass is 16.2. The van der Waals surface area contributed by atoms with Crippen molar-refractivity contribution in [3.8, 4) is 0 Å². The quantitative estimate of drug-likeness (QED) is 0.646. The number of hydrogen-bond donors (Lipinski definition) is 0. The molecule has 1 saturated heterocycles. The highest BCUT2D eigenvalue weighted by Crippen LogP contribution is 2.29. The molecule has 1 aliphatic rings. The van der Waals surface area contributed by atoms with Crippen LogP contribution in [0.5, 0.6) is 0 Å². The van der Waals surface area contributed by atoms with Gasteiger partial charge in [0.15, 0.2) is 0 Å². The Morgan fingerprint density at radius 3 is 1.91 bits per heavy atom. The molecule has 1 aliphatic heterocycles. The summed E-state index contributed by atoms with van der Waals surface area (Å²) in [6, 6.07) is 16.5. The van der Waals surface area contributed by atoms with Crippen LogP contribution in [0, 0.1) is 0 Å². The molecule has 22 heavy (non-hydrogen) atoms. The summed E-state index contributed by atoms with van der Waals surface area (Å²) < 4.78 is 0. The van der Waals surface area contributed by atoms with Crippen LogP contribution in [-0.4, -0.2) is 22.7 Å². The Morgan fingerprint density at radius 1 is 0.773 bits per heavy atom. The van der Waals surface area contributed by atoms with Gasteiger partial charge in [0, 0.05) is 0 Å². The monoisotopic (exact) mass is 294 g/mol. The van der Waals surface area contributed by atoms with E-state index in [0.717, 1.165) is 15.4 Å². The lowest BCUT2D eigenvalue weighted by Gasteiger charge is -2.22. The van der Waals surface area contributed by atoms with Crippen LogP contribution in [0.2, 0.25) is 0 Å². The molecule has 1 heterocycles. The van der Waals surface area contributed by atoms with Crippen molar-refractivity contribution in [3.05, 3.63) is 66.2 Å². The molecule has 0 saturated carbocycles. The van der Waals surface area contributed by atoms with Gasteiger partial charge in [-0.15, -0.1) is 0 Å². The van der Waals surface area contributed by atoms with Gasteiger partial charge in [0.2, 0.25) is 0 Å². The number of benzene rings is 2. The second-order valence-corrected chi connectivity index (χ2v) is 5.02. The molecule has 1 unspecified atom stereocenters. The van der Waals surface area contributed by atoms with Gasteiger partial charge in [-0.05, 0) is 24.6 Å². The Hall–Kier alpha value is -2.95. The Kier molecular flexibility index (Phi) is 3.47. The van der Waals surface area contributed by atoms with Crippen LogP contribution < -0.4 is 4.90 Å². The lowest BCUT2D eigenvalue weighted by atomic mass is 10.1. The van der Waals surface area contributed by atoms with E-state index in [0.29, 0.717) is 5.69 Å². The zero-order chi connectivity index (χ0) is 15.7. The molecule has 2 aromatic rings. The molecule has 5 nitrogen and oxygen atoms in total. The van der Waals surface area contributed by atoms with Crippen molar-refractivity contribution in [1.29, 1.82) is 0 Å². The number of carbonyl (C=O) groups is 3. The molecular weight excluding hydrogens is 280 g/mol. The van der Waals surface area contributed by atoms with E-state index in [2.05, 4.69) is 0 Å². The standard InChI is InChI=1S/C17H14N2O3/c1-12(13-8-4-2-5-9-13)18-15(20)16(21)19(17(18)22)14-10-6-3-7-11-14/h2-12H,1H3. The van der Waals surface area contributed by atoms with Crippen LogP contribution in [0.3, 0.4) is 0 Å². The van der Waals surface area contributed by atoms with Crippen molar-refractivity contribution >= 4 is 23.5 Å². The van der Waals surface area contributed by atoms with E-state index in [1.807, 2.05) is 30.3 Å². The summed E-state index contributed by atoms with van der Waals surface area (Å²) in [4.78, 5) is 38.9. The smallest absolute Gasteiger partial charge is 0.263 e. The first-order valence-corrected chi connectivity index (χ1v) is 6.93. The number of amides is 4. The van der Waals surface area contributed by atoms with E-state index in [9.17, 15) is 14.4 Å². The number of nitrogens with zero attached hydrogens (tertiary/aromatic N) is 2. The van der Waals surface area contributed by atoms with Gasteiger partial charge >= 0.3 is 17.8 Å². The summed E-state index contributed by atoms with van der Waals surface area (Å²) in [5.74, 6) is -1.62. The third kappa shape index (κ3) is 2.16. The molecule has 0 aliphatic carbocycles. The number of rotatable bonds is 3. The number of imide groups is 2. The van der Waals surface area contributed by atoms with Crippen molar-refractivity contribution in [2.24, 2.45) is 0 Å². The van der Waals surface area contributed by atoms with E-state index in [1.165, 1.54) is 0 Å². The summed E-state index contributed by atoms with van der Waals surface area (Å²) in [6.07, 6.45) is 0. The van der Waals surface area contributed by atoms with Crippen molar-refractivity contribution in [3.63, 3.8) is 0 Å². The Morgan fingerprint density at radius 2 is 1.32 bits per heavy atom. The molecular formula is C17H14N2O3. The van der Waals surface area contributed by atoms with Crippen LogP contribution in [0.15, 0.2) is 60.7 Å². The number of hydrogen-bond acceptors (Lipinski definition) is 3. The first kappa shape index (κ1) is 14.0. The van der Waals surface area contributed by atoms with Gasteiger partial charge < -0.3 is 0 Å². The molecule has 1 fully saturated rings. The second-order valence-electron chi connectivity index (χ2n) is 5.02. The fraction of sp³-hybridized carbons (Fsp3) is 0.118. The van der Waals surface area contributed by atoms with Gasteiger partial charge in [-0.2, -0.15) is 0 Å². The summed E-state index contributed by atoms with van der Waals surface area (Å²) in [6.45, 7) is 1.73. The van der Waals surface area contributed by atoms with E-state index >= 15 is 0 Å². The first-order chi connectivity index (χ1) is 10.6. The van der Waals surface area contributed by atoms with E-state index in [1.54, 1.807) is 37.3 Å². The normalized spacial score (nSPS) is 16.3. The first-order valence-electron chi connectivity index (χ1n) is 6.93. The van der Waals surface area contributed by atoms with Crippen LogP contribution >= 0.6 is 0 Å². The molecule has 0 bridgehead atoms. The third-order valence-electron chi connectivity index (χ3n) is 3.69. The number of urea groups is 1. The number of anilines is 1. The lowest BCUT2D eigenvalue weighted by molar-refractivity contribution is -0.140. The molecule has 110 valence electrons. The minimum absolute atomic E-state index is 0.397. The SMILES string of the molecule is CC(c1ccccc1)N1C(=O)C(=O)N(c2ccccc2)C1=O. The molecule has 0 radical (unpaired) electrons. The predicted octanol–water partition coefficient (Wildman–Crippen LogP) is 2.74. The highest BCUT2D eigenvalue weighted by molar-refractivity contribution is 6.52. The van der Waals surface area contributed by atoms with Crippen molar-refractivity contribution < 1.29 is 14.4 Å². The molecule has 2 aromatic carbocycles. The fourth-order valence-corrected chi connectivity index (χ4v) is 2.51. The van der Waals surface area contributed by atoms with Crippen LogP contribution in [0.1, 0.15) is 18.5 Å². The fourth-order valence-electron chi connectivity index (χ4n) is 2.51. The van der Waals surface area contributed by atoms with Crippen LogP contribution in [0.4, 0.5) is 10.5 Å². The van der Waals surface area contributed by atoms with E-state index < -0.39 is 23.9 Å². The average molecular weight is 294 g/mol. The molecule has 0 aromatic heterocycles.